The highest BCUT2D eigenvalue weighted by molar-refractivity contribution is 7.17. The predicted molar refractivity (Wildman–Crippen MR) is 128 cm³/mol. The van der Waals surface area contributed by atoms with E-state index in [1.54, 1.807) is 32.9 Å². The van der Waals surface area contributed by atoms with E-state index in [0.717, 1.165) is 11.3 Å². The van der Waals surface area contributed by atoms with E-state index in [1.165, 1.54) is 6.20 Å². The number of hydrogen-bond acceptors (Lipinski definition) is 9. The number of carbonyl (C=O) groups is 4. The zero-order chi connectivity index (χ0) is 24.9. The van der Waals surface area contributed by atoms with E-state index < -0.39 is 23.5 Å². The molecule has 3 rings (SSSR count). The number of nitrogens with zero attached hydrogens (tertiary/aromatic N) is 2. The summed E-state index contributed by atoms with van der Waals surface area (Å²) in [6, 6.07) is 3.39. The standard InChI is InChI=1S/C23H29N5O5S/c1-5-24-16-10-9-13(11-25-16)18(30)14-7-6-8-15-20(19(14)31)34-21(27-15)28-17(29)12-26-22(32)33-23(2,3)4/h9-11,14H,5-8,12H2,1-4H3,(H,24,25)(H,26,32)(H,27,28,29). The van der Waals surface area contributed by atoms with Crippen LogP contribution in [0.1, 0.15) is 66.3 Å². The number of pyridine rings is 1. The van der Waals surface area contributed by atoms with Gasteiger partial charge in [-0.15, -0.1) is 0 Å². The van der Waals surface area contributed by atoms with Gasteiger partial charge in [-0.25, -0.2) is 14.8 Å². The van der Waals surface area contributed by atoms with Gasteiger partial charge in [0.1, 0.15) is 18.0 Å². The highest BCUT2D eigenvalue weighted by Gasteiger charge is 2.34. The number of fused-ring (bicyclic) bond motifs is 1. The molecule has 0 aliphatic heterocycles. The van der Waals surface area contributed by atoms with Gasteiger partial charge in [-0.3, -0.25) is 14.4 Å². The number of rotatable bonds is 7. The Morgan fingerprint density at radius 2 is 2.00 bits per heavy atom. The molecule has 2 heterocycles. The van der Waals surface area contributed by atoms with Crippen molar-refractivity contribution in [3.63, 3.8) is 0 Å². The fraction of sp³-hybridized carbons (Fsp3) is 0.478. The molecule has 0 aromatic carbocycles. The summed E-state index contributed by atoms with van der Waals surface area (Å²) in [4.78, 5) is 59.2. The lowest BCUT2D eigenvalue weighted by Gasteiger charge is -2.19. The first-order chi connectivity index (χ1) is 16.1. The zero-order valence-electron chi connectivity index (χ0n) is 19.7. The first-order valence-electron chi connectivity index (χ1n) is 11.1. The van der Waals surface area contributed by atoms with Gasteiger partial charge in [0.05, 0.1) is 16.5 Å². The van der Waals surface area contributed by atoms with Crippen molar-refractivity contribution in [2.75, 3.05) is 23.7 Å². The van der Waals surface area contributed by atoms with Crippen LogP contribution in [0.5, 0.6) is 0 Å². The van der Waals surface area contributed by atoms with E-state index >= 15 is 0 Å². The molecule has 3 N–H and O–H groups in total. The second kappa shape index (κ2) is 10.7. The highest BCUT2D eigenvalue weighted by Crippen LogP contribution is 2.33. The Labute approximate surface area is 201 Å². The Balaban J connectivity index is 1.65. The molecule has 0 bridgehead atoms. The molecular formula is C23H29N5O5S. The molecule has 1 aliphatic carbocycles. The minimum atomic E-state index is -0.814. The van der Waals surface area contributed by atoms with Crippen LogP contribution in [0.4, 0.5) is 15.7 Å². The van der Waals surface area contributed by atoms with Gasteiger partial charge in [0, 0.05) is 18.3 Å². The number of hydrogen-bond donors (Lipinski definition) is 3. The van der Waals surface area contributed by atoms with Crippen molar-refractivity contribution >= 4 is 45.9 Å². The molecule has 182 valence electrons. The second-order valence-electron chi connectivity index (χ2n) is 8.83. The molecule has 0 saturated carbocycles. The van der Waals surface area contributed by atoms with Crippen LogP contribution in [0.25, 0.3) is 0 Å². The lowest BCUT2D eigenvalue weighted by atomic mass is 9.91. The number of ketones is 2. The third kappa shape index (κ3) is 6.60. The smallest absolute Gasteiger partial charge is 0.408 e. The molecule has 0 spiro atoms. The number of ether oxygens (including phenoxy) is 1. The summed E-state index contributed by atoms with van der Waals surface area (Å²) in [6.07, 6.45) is 2.36. The number of aromatic nitrogens is 2. The predicted octanol–water partition coefficient (Wildman–Crippen LogP) is 3.45. The van der Waals surface area contributed by atoms with E-state index in [4.69, 9.17) is 4.74 Å². The number of anilines is 2. The number of Topliss-reactive ketones (excluding diaryl/α,β-unsaturated/α-hetero) is 2. The topological polar surface area (TPSA) is 139 Å². The lowest BCUT2D eigenvalue weighted by molar-refractivity contribution is -0.115. The number of amides is 2. The molecule has 34 heavy (non-hydrogen) atoms. The van der Waals surface area contributed by atoms with Gasteiger partial charge in [0.25, 0.3) is 0 Å². The van der Waals surface area contributed by atoms with Gasteiger partial charge in [0.15, 0.2) is 16.7 Å². The Bertz CT molecular complexity index is 1070. The maximum atomic E-state index is 13.2. The monoisotopic (exact) mass is 487 g/mol. The minimum Gasteiger partial charge on any atom is -0.444 e. The maximum Gasteiger partial charge on any atom is 0.408 e. The van der Waals surface area contributed by atoms with E-state index in [0.29, 0.717) is 47.8 Å². The van der Waals surface area contributed by atoms with Crippen LogP contribution in [-0.4, -0.2) is 52.2 Å². The van der Waals surface area contributed by atoms with Crippen LogP contribution in [0.2, 0.25) is 0 Å². The van der Waals surface area contributed by atoms with Gasteiger partial charge >= 0.3 is 6.09 Å². The van der Waals surface area contributed by atoms with Crippen molar-refractivity contribution in [2.45, 2.75) is 52.6 Å². The van der Waals surface area contributed by atoms with Crippen molar-refractivity contribution < 1.29 is 23.9 Å². The Hall–Kier alpha value is -3.34. The number of carbonyl (C=O) groups excluding carboxylic acids is 4. The summed E-state index contributed by atoms with van der Waals surface area (Å²) in [5, 5.41) is 8.29. The van der Waals surface area contributed by atoms with E-state index in [-0.39, 0.29) is 23.2 Å². The molecule has 0 saturated heterocycles. The minimum absolute atomic E-state index is 0.249. The summed E-state index contributed by atoms with van der Waals surface area (Å²) in [6.45, 7) is 7.53. The quantitative estimate of drug-likeness (QED) is 0.307. The highest BCUT2D eigenvalue weighted by atomic mass is 32.1. The van der Waals surface area contributed by atoms with Gasteiger partial charge in [-0.05, 0) is 59.1 Å². The summed E-state index contributed by atoms with van der Waals surface area (Å²) >= 11 is 1.04. The van der Waals surface area contributed by atoms with Crippen molar-refractivity contribution in [1.29, 1.82) is 0 Å². The number of nitrogens with one attached hydrogen (secondary N) is 3. The van der Waals surface area contributed by atoms with Gasteiger partial charge in [-0.1, -0.05) is 11.3 Å². The summed E-state index contributed by atoms with van der Waals surface area (Å²) < 4.78 is 5.09. The van der Waals surface area contributed by atoms with Crippen molar-refractivity contribution in [3.05, 3.63) is 34.5 Å². The zero-order valence-corrected chi connectivity index (χ0v) is 20.5. The third-order valence-electron chi connectivity index (χ3n) is 4.90. The molecule has 1 aliphatic rings. The fourth-order valence-electron chi connectivity index (χ4n) is 3.44. The molecule has 10 nitrogen and oxygen atoms in total. The van der Waals surface area contributed by atoms with Gasteiger partial charge in [0.2, 0.25) is 5.91 Å². The van der Waals surface area contributed by atoms with Crippen LogP contribution in [0.3, 0.4) is 0 Å². The average molecular weight is 488 g/mol. The first kappa shape index (κ1) is 25.3. The Kier molecular flexibility index (Phi) is 7.98. The normalized spacial score (nSPS) is 15.6. The molecule has 11 heteroatoms. The number of thiazole rings is 1. The molecule has 1 atom stereocenters. The van der Waals surface area contributed by atoms with Crippen LogP contribution >= 0.6 is 11.3 Å². The van der Waals surface area contributed by atoms with Crippen molar-refractivity contribution in [2.24, 2.45) is 5.92 Å². The molecule has 1 unspecified atom stereocenters. The Morgan fingerprint density at radius 1 is 1.24 bits per heavy atom. The summed E-state index contributed by atoms with van der Waals surface area (Å²) in [5.74, 6) is -1.21. The van der Waals surface area contributed by atoms with Crippen LogP contribution in [0.15, 0.2) is 18.3 Å². The van der Waals surface area contributed by atoms with Crippen molar-refractivity contribution in [3.8, 4) is 0 Å². The summed E-state index contributed by atoms with van der Waals surface area (Å²) in [7, 11) is 0. The van der Waals surface area contributed by atoms with Crippen LogP contribution in [-0.2, 0) is 16.0 Å². The Morgan fingerprint density at radius 3 is 2.65 bits per heavy atom. The first-order valence-corrected chi connectivity index (χ1v) is 11.9. The van der Waals surface area contributed by atoms with E-state index in [9.17, 15) is 19.2 Å². The van der Waals surface area contributed by atoms with E-state index in [2.05, 4.69) is 25.9 Å². The molecule has 2 aromatic rings. The second-order valence-corrected chi connectivity index (χ2v) is 9.83. The maximum absolute atomic E-state index is 13.2. The van der Waals surface area contributed by atoms with Gasteiger partial charge < -0.3 is 20.7 Å². The van der Waals surface area contributed by atoms with Crippen molar-refractivity contribution in [1.82, 2.24) is 15.3 Å². The molecule has 2 aromatic heterocycles. The SMILES string of the molecule is CCNc1ccc(C(=O)C2CCCc3nc(NC(=O)CNC(=O)OC(C)(C)C)sc3C2=O)cn1. The van der Waals surface area contributed by atoms with Crippen LogP contribution < -0.4 is 16.0 Å². The number of alkyl carbamates (subject to hydrolysis) is 1. The average Bonchev–Trinajstić information content (AvgIpc) is 3.09. The molecule has 2 amide bonds. The molecule has 0 radical (unpaired) electrons. The molecular weight excluding hydrogens is 458 g/mol. The van der Waals surface area contributed by atoms with Crippen LogP contribution in [0, 0.1) is 5.92 Å². The lowest BCUT2D eigenvalue weighted by Crippen LogP contribution is -2.37. The summed E-state index contributed by atoms with van der Waals surface area (Å²) in [5.41, 5.74) is 0.280. The van der Waals surface area contributed by atoms with E-state index in [1.807, 2.05) is 6.92 Å². The largest absolute Gasteiger partial charge is 0.444 e. The molecule has 0 fully saturated rings. The van der Waals surface area contributed by atoms with Gasteiger partial charge in [-0.2, -0.15) is 0 Å². The number of aryl methyl sites for hydroxylation is 1. The fourth-order valence-corrected chi connectivity index (χ4v) is 4.46. The third-order valence-corrected chi connectivity index (χ3v) is 5.93.